The molecule has 0 aromatic heterocycles. The number of likely N-dealkylation sites (N-methyl/N-ethyl adjacent to an activating group) is 1. The number of hydrogen-bond donors (Lipinski definition) is 5. The van der Waals surface area contributed by atoms with Crippen LogP contribution < -0.4 is 10.6 Å². The Hall–Kier alpha value is -3.04. The van der Waals surface area contributed by atoms with Crippen molar-refractivity contribution in [3.63, 3.8) is 0 Å². The van der Waals surface area contributed by atoms with E-state index in [1.165, 1.54) is 42.7 Å². The molecule has 0 spiro atoms. The van der Waals surface area contributed by atoms with Crippen molar-refractivity contribution in [3.05, 3.63) is 59.9 Å². The highest BCUT2D eigenvalue weighted by molar-refractivity contribution is 6.05. The summed E-state index contributed by atoms with van der Waals surface area (Å²) in [5, 5.41) is 33.8. The summed E-state index contributed by atoms with van der Waals surface area (Å²) in [7, 11) is 1.52. The predicted molar refractivity (Wildman–Crippen MR) is 116 cm³/mol. The summed E-state index contributed by atoms with van der Waals surface area (Å²) in [5.41, 5.74) is 1.26. The Kier molecular flexibility index (Phi) is 9.70. The van der Waals surface area contributed by atoms with E-state index in [1.54, 1.807) is 26.8 Å². The van der Waals surface area contributed by atoms with E-state index >= 15 is 0 Å². The molecule has 5 N–H and O–H groups in total. The summed E-state index contributed by atoms with van der Waals surface area (Å²) >= 11 is 0. The van der Waals surface area contributed by atoms with Crippen LogP contribution in [0.25, 0.3) is 0 Å². The molecule has 0 bridgehead atoms. The summed E-state index contributed by atoms with van der Waals surface area (Å²) in [4.78, 5) is 9.32. The molecule has 8 nitrogen and oxygen atoms in total. The Morgan fingerprint density at radius 3 is 2.86 bits per heavy atom. The van der Waals surface area contributed by atoms with Crippen molar-refractivity contribution >= 4 is 17.9 Å². The molecule has 0 radical (unpaired) electrons. The third kappa shape index (κ3) is 7.47. The normalized spacial score (nSPS) is 19.3. The minimum absolute atomic E-state index is 0.0416. The van der Waals surface area contributed by atoms with Crippen LogP contribution in [0.1, 0.15) is 20.8 Å². The lowest BCUT2D eigenvalue weighted by molar-refractivity contribution is 0.0158. The molecule has 0 saturated carbocycles. The second kappa shape index (κ2) is 11.7. The van der Waals surface area contributed by atoms with Crippen molar-refractivity contribution in [2.75, 3.05) is 13.6 Å². The second-order valence-electron chi connectivity index (χ2n) is 6.31. The summed E-state index contributed by atoms with van der Waals surface area (Å²) in [6.07, 6.45) is 7.40. The van der Waals surface area contributed by atoms with Crippen LogP contribution in [0, 0.1) is 5.41 Å². The van der Waals surface area contributed by atoms with Crippen LogP contribution in [-0.2, 0) is 0 Å². The average Bonchev–Trinajstić information content (AvgIpc) is 2.86. The van der Waals surface area contributed by atoms with Crippen molar-refractivity contribution in [2.24, 2.45) is 9.98 Å². The topological polar surface area (TPSA) is 116 Å². The number of nitrogens with one attached hydrogen (secondary N) is 3. The zero-order valence-corrected chi connectivity index (χ0v) is 17.1. The molecule has 0 saturated heterocycles. The Labute approximate surface area is 170 Å². The summed E-state index contributed by atoms with van der Waals surface area (Å²) in [6, 6.07) is -0.834. The van der Waals surface area contributed by atoms with E-state index in [1.807, 2.05) is 0 Å². The van der Waals surface area contributed by atoms with Gasteiger partial charge in [-0.25, -0.2) is 14.3 Å². The SMILES string of the molecule is C=CN/C(=N\C(O)N(C)C1C=CN=CC(C)=C1F)NC/C(O)=C\C(=N)/C(C)=C\C. The summed E-state index contributed by atoms with van der Waals surface area (Å²) in [5.74, 6) is -0.418. The molecule has 0 fully saturated rings. The van der Waals surface area contributed by atoms with Crippen LogP contribution in [0.5, 0.6) is 0 Å². The zero-order valence-electron chi connectivity index (χ0n) is 17.1. The van der Waals surface area contributed by atoms with E-state index in [-0.39, 0.29) is 24.0 Å². The number of rotatable bonds is 8. The fraction of sp³-hybridized carbons (Fsp3) is 0.350. The number of halogens is 1. The van der Waals surface area contributed by atoms with Crippen LogP contribution in [-0.4, -0.2) is 59.0 Å². The fourth-order valence-electron chi connectivity index (χ4n) is 2.22. The Morgan fingerprint density at radius 2 is 2.24 bits per heavy atom. The van der Waals surface area contributed by atoms with E-state index in [9.17, 15) is 14.6 Å². The van der Waals surface area contributed by atoms with Gasteiger partial charge in [0.05, 0.1) is 18.3 Å². The van der Waals surface area contributed by atoms with Gasteiger partial charge in [-0.2, -0.15) is 0 Å². The monoisotopic (exact) mass is 404 g/mol. The van der Waals surface area contributed by atoms with E-state index in [2.05, 4.69) is 27.2 Å². The molecule has 1 aliphatic heterocycles. The number of hydrogen-bond acceptors (Lipinski definition) is 6. The van der Waals surface area contributed by atoms with Gasteiger partial charge in [0.1, 0.15) is 11.6 Å². The first-order valence-corrected chi connectivity index (χ1v) is 8.97. The quantitative estimate of drug-likeness (QED) is 0.184. The maximum Gasteiger partial charge on any atom is 0.208 e. The van der Waals surface area contributed by atoms with E-state index in [0.29, 0.717) is 5.57 Å². The van der Waals surface area contributed by atoms with Crippen molar-refractivity contribution in [2.45, 2.75) is 33.2 Å². The Bertz CT molecular complexity index is 795. The highest BCUT2D eigenvalue weighted by Crippen LogP contribution is 2.20. The fourth-order valence-corrected chi connectivity index (χ4v) is 2.22. The number of nitrogens with zero attached hydrogens (tertiary/aromatic N) is 3. The molecule has 2 atom stereocenters. The molecule has 1 rings (SSSR count). The number of guanidine groups is 1. The molecule has 158 valence electrons. The molecule has 2 unspecified atom stereocenters. The van der Waals surface area contributed by atoms with Gasteiger partial charge in [0.15, 0.2) is 5.96 Å². The van der Waals surface area contributed by atoms with Crippen LogP contribution in [0.2, 0.25) is 0 Å². The summed E-state index contributed by atoms with van der Waals surface area (Å²) < 4.78 is 14.5. The molecule has 0 amide bonds. The predicted octanol–water partition coefficient (Wildman–Crippen LogP) is 2.51. The molecule has 1 heterocycles. The van der Waals surface area contributed by atoms with Crippen molar-refractivity contribution < 1.29 is 14.6 Å². The molecule has 0 aromatic rings. The van der Waals surface area contributed by atoms with Crippen molar-refractivity contribution in [1.82, 2.24) is 15.5 Å². The molecule has 29 heavy (non-hydrogen) atoms. The lowest BCUT2D eigenvalue weighted by Gasteiger charge is -2.27. The van der Waals surface area contributed by atoms with Gasteiger partial charge in [-0.1, -0.05) is 12.7 Å². The molecule has 1 aliphatic rings. The van der Waals surface area contributed by atoms with E-state index < -0.39 is 18.2 Å². The molecular formula is C20H29FN6O2. The van der Waals surface area contributed by atoms with Gasteiger partial charge < -0.3 is 26.3 Å². The van der Waals surface area contributed by atoms with Gasteiger partial charge in [-0.15, -0.1) is 0 Å². The average molecular weight is 404 g/mol. The molecular weight excluding hydrogens is 375 g/mol. The lowest BCUT2D eigenvalue weighted by Crippen LogP contribution is -2.43. The maximum atomic E-state index is 14.5. The van der Waals surface area contributed by atoms with Crippen LogP contribution >= 0.6 is 0 Å². The number of allylic oxidation sites excluding steroid dienone is 4. The smallest absolute Gasteiger partial charge is 0.208 e. The summed E-state index contributed by atoms with van der Waals surface area (Å²) in [6.45, 7) is 8.67. The Balaban J connectivity index is 2.89. The highest BCUT2D eigenvalue weighted by atomic mass is 19.1. The Morgan fingerprint density at radius 1 is 1.55 bits per heavy atom. The van der Waals surface area contributed by atoms with Gasteiger partial charge in [-0.05, 0) is 45.7 Å². The maximum absolute atomic E-state index is 14.5. The first kappa shape index (κ1) is 24.0. The van der Waals surface area contributed by atoms with Gasteiger partial charge in [-0.3, -0.25) is 4.99 Å². The first-order chi connectivity index (χ1) is 13.7. The van der Waals surface area contributed by atoms with Crippen LogP contribution in [0.15, 0.2) is 69.9 Å². The molecule has 0 aromatic carbocycles. The van der Waals surface area contributed by atoms with Gasteiger partial charge in [0, 0.05) is 24.1 Å². The minimum Gasteiger partial charge on any atom is -0.510 e. The number of aliphatic hydroxyl groups excluding tert-OH is 2. The van der Waals surface area contributed by atoms with E-state index in [4.69, 9.17) is 5.41 Å². The lowest BCUT2D eigenvalue weighted by atomic mass is 10.1. The van der Waals surface area contributed by atoms with E-state index in [0.717, 1.165) is 5.57 Å². The van der Waals surface area contributed by atoms with Crippen molar-refractivity contribution in [1.29, 1.82) is 5.41 Å². The minimum atomic E-state index is -1.40. The number of aliphatic hydroxyl groups is 2. The zero-order chi connectivity index (χ0) is 22.0. The highest BCUT2D eigenvalue weighted by Gasteiger charge is 2.25. The first-order valence-electron chi connectivity index (χ1n) is 8.97. The third-order valence-corrected chi connectivity index (χ3v) is 4.15. The largest absolute Gasteiger partial charge is 0.510 e. The third-order valence-electron chi connectivity index (χ3n) is 4.15. The van der Waals surface area contributed by atoms with Crippen LogP contribution in [0.4, 0.5) is 4.39 Å². The van der Waals surface area contributed by atoms with Crippen molar-refractivity contribution in [3.8, 4) is 0 Å². The molecule has 0 aliphatic carbocycles. The van der Waals surface area contributed by atoms with Gasteiger partial charge in [0.2, 0.25) is 6.35 Å². The van der Waals surface area contributed by atoms with Crippen LogP contribution in [0.3, 0.4) is 0 Å². The van der Waals surface area contributed by atoms with Gasteiger partial charge in [0.25, 0.3) is 0 Å². The van der Waals surface area contributed by atoms with Gasteiger partial charge >= 0.3 is 0 Å². The second-order valence-corrected chi connectivity index (χ2v) is 6.31. The standard InChI is InChI=1S/C20H29FN6O2/c1-6-13(3)16(22)10-15(28)12-25-19(24-7-2)26-20(29)27(5)17-8-9-23-11-14(4)18(17)21/h6-11,17,20,22,28-29H,2,12H2,1,3-5H3,(H2,24,25,26)/b13-6-,15-10+,22-16?. The number of aliphatic imine (C=N–C) groups is 2. The molecule has 9 heteroatoms.